The number of hydrogen-bond donors (Lipinski definition) is 1. The summed E-state index contributed by atoms with van der Waals surface area (Å²) in [4.78, 5) is 4.26. The first-order valence-corrected chi connectivity index (χ1v) is 6.56. The molecule has 0 saturated carbocycles. The first-order chi connectivity index (χ1) is 8.27. The van der Waals surface area contributed by atoms with Crippen LogP contribution >= 0.6 is 0 Å². The molecule has 17 heavy (non-hydrogen) atoms. The lowest BCUT2D eigenvalue weighted by Gasteiger charge is -2.13. The minimum atomic E-state index is 0.608. The van der Waals surface area contributed by atoms with E-state index in [4.69, 9.17) is 4.74 Å². The Kier molecular flexibility index (Phi) is 4.57. The Morgan fingerprint density at radius 1 is 1.59 bits per heavy atom. The molecule has 0 radical (unpaired) electrons. The van der Waals surface area contributed by atoms with Crippen LogP contribution in [0.25, 0.3) is 0 Å². The molecule has 1 atom stereocenters. The van der Waals surface area contributed by atoms with E-state index in [1.54, 1.807) is 0 Å². The Morgan fingerprint density at radius 3 is 3.18 bits per heavy atom. The van der Waals surface area contributed by atoms with Crippen molar-refractivity contribution in [1.29, 1.82) is 0 Å². The van der Waals surface area contributed by atoms with Crippen molar-refractivity contribution < 1.29 is 4.74 Å². The van der Waals surface area contributed by atoms with E-state index >= 15 is 0 Å². The summed E-state index contributed by atoms with van der Waals surface area (Å²) in [6, 6.07) is 0. The van der Waals surface area contributed by atoms with Gasteiger partial charge in [0.15, 0.2) is 0 Å². The lowest BCUT2D eigenvalue weighted by atomic mass is 10.1. The lowest BCUT2D eigenvalue weighted by Crippen LogP contribution is -2.14. The van der Waals surface area contributed by atoms with Gasteiger partial charge in [0.05, 0.1) is 12.9 Å². The van der Waals surface area contributed by atoms with E-state index in [0.717, 1.165) is 32.8 Å². The van der Waals surface area contributed by atoms with E-state index in [0.29, 0.717) is 11.8 Å². The van der Waals surface area contributed by atoms with Crippen molar-refractivity contribution in [3.8, 4) is 0 Å². The van der Waals surface area contributed by atoms with Gasteiger partial charge in [-0.1, -0.05) is 13.8 Å². The van der Waals surface area contributed by atoms with Crippen molar-refractivity contribution in [1.82, 2.24) is 14.9 Å². The van der Waals surface area contributed by atoms with Gasteiger partial charge in [0.2, 0.25) is 0 Å². The predicted molar refractivity (Wildman–Crippen MR) is 68.1 cm³/mol. The highest BCUT2D eigenvalue weighted by Gasteiger charge is 2.19. The van der Waals surface area contributed by atoms with Crippen molar-refractivity contribution in [2.45, 2.75) is 32.7 Å². The van der Waals surface area contributed by atoms with Crippen LogP contribution in [0.3, 0.4) is 0 Å². The Bertz CT molecular complexity index is 329. The number of nitrogens with zero attached hydrogens (tertiary/aromatic N) is 2. The molecule has 96 valence electrons. The van der Waals surface area contributed by atoms with Crippen LogP contribution in [0.2, 0.25) is 0 Å². The van der Waals surface area contributed by atoms with Gasteiger partial charge in [-0.25, -0.2) is 4.98 Å². The molecule has 1 aromatic rings. The number of nitrogens with one attached hydrogen (secondary N) is 1. The molecule has 4 nitrogen and oxygen atoms in total. The highest BCUT2D eigenvalue weighted by atomic mass is 16.5. The van der Waals surface area contributed by atoms with Crippen molar-refractivity contribution in [2.24, 2.45) is 5.92 Å². The monoisotopic (exact) mass is 237 g/mol. The molecule has 0 amide bonds. The summed E-state index contributed by atoms with van der Waals surface area (Å²) in [5.74, 6) is 1.24. The van der Waals surface area contributed by atoms with Crippen molar-refractivity contribution in [2.75, 3.05) is 26.3 Å². The standard InChI is InChI=1S/C13H23N3O/c1-11(2)9-17-6-5-16-10-15-8-13(16)12-3-4-14-7-12/h8,10-12,14H,3-7,9H2,1-2H3. The van der Waals surface area contributed by atoms with Crippen LogP contribution < -0.4 is 5.32 Å². The van der Waals surface area contributed by atoms with Crippen molar-refractivity contribution >= 4 is 0 Å². The molecule has 4 heteroatoms. The van der Waals surface area contributed by atoms with Crippen LogP contribution in [-0.4, -0.2) is 35.9 Å². The number of rotatable bonds is 6. The van der Waals surface area contributed by atoms with Gasteiger partial charge in [-0.15, -0.1) is 0 Å². The van der Waals surface area contributed by atoms with Gasteiger partial charge in [0.25, 0.3) is 0 Å². The van der Waals surface area contributed by atoms with Crippen molar-refractivity contribution in [3.63, 3.8) is 0 Å². The third-order valence-corrected chi connectivity index (χ3v) is 3.15. The highest BCUT2D eigenvalue weighted by Crippen LogP contribution is 2.21. The summed E-state index contributed by atoms with van der Waals surface area (Å²) in [7, 11) is 0. The second-order valence-corrected chi connectivity index (χ2v) is 5.17. The maximum Gasteiger partial charge on any atom is 0.0949 e. The molecule has 1 N–H and O–H groups in total. The van der Waals surface area contributed by atoms with Crippen LogP contribution in [-0.2, 0) is 11.3 Å². The number of aromatic nitrogens is 2. The lowest BCUT2D eigenvalue weighted by molar-refractivity contribution is 0.102. The fraction of sp³-hybridized carbons (Fsp3) is 0.769. The zero-order valence-electron chi connectivity index (χ0n) is 10.9. The average molecular weight is 237 g/mol. The van der Waals surface area contributed by atoms with Gasteiger partial charge >= 0.3 is 0 Å². The van der Waals surface area contributed by atoms with Gasteiger partial charge in [0.1, 0.15) is 0 Å². The van der Waals surface area contributed by atoms with Gasteiger partial charge in [-0.2, -0.15) is 0 Å². The minimum absolute atomic E-state index is 0.608. The Morgan fingerprint density at radius 2 is 2.47 bits per heavy atom. The summed E-state index contributed by atoms with van der Waals surface area (Å²) in [5.41, 5.74) is 1.35. The Labute approximate surface area is 103 Å². The molecule has 0 aromatic carbocycles. The maximum atomic E-state index is 5.62. The molecule has 1 aliphatic heterocycles. The normalized spacial score (nSPS) is 20.3. The van der Waals surface area contributed by atoms with Gasteiger partial charge < -0.3 is 14.6 Å². The second-order valence-electron chi connectivity index (χ2n) is 5.17. The summed E-state index contributed by atoms with van der Waals surface area (Å²) in [6.07, 6.45) is 5.14. The van der Waals surface area contributed by atoms with Gasteiger partial charge in [0, 0.05) is 37.5 Å². The summed E-state index contributed by atoms with van der Waals surface area (Å²) >= 11 is 0. The van der Waals surface area contributed by atoms with E-state index in [1.165, 1.54) is 12.1 Å². The first-order valence-electron chi connectivity index (χ1n) is 6.56. The van der Waals surface area contributed by atoms with Gasteiger partial charge in [-0.3, -0.25) is 0 Å². The Balaban J connectivity index is 1.82. The topological polar surface area (TPSA) is 39.1 Å². The average Bonchev–Trinajstić information content (AvgIpc) is 2.94. The molecule has 0 spiro atoms. The molecule has 2 heterocycles. The van der Waals surface area contributed by atoms with Crippen molar-refractivity contribution in [3.05, 3.63) is 18.2 Å². The molecular formula is C13H23N3O. The summed E-state index contributed by atoms with van der Waals surface area (Å²) in [6.45, 7) is 9.09. The van der Waals surface area contributed by atoms with Crippen LogP contribution in [0.15, 0.2) is 12.5 Å². The molecule has 1 saturated heterocycles. The zero-order valence-corrected chi connectivity index (χ0v) is 10.9. The highest BCUT2D eigenvalue weighted by molar-refractivity contribution is 5.09. The minimum Gasteiger partial charge on any atom is -0.379 e. The third kappa shape index (κ3) is 3.54. The SMILES string of the molecule is CC(C)COCCn1cncc1C1CCNC1. The number of imidazole rings is 1. The molecule has 2 rings (SSSR count). The maximum absolute atomic E-state index is 5.62. The quantitative estimate of drug-likeness (QED) is 0.764. The van der Waals surface area contributed by atoms with Crippen LogP contribution in [0.1, 0.15) is 31.9 Å². The van der Waals surface area contributed by atoms with E-state index in [2.05, 4.69) is 28.7 Å². The van der Waals surface area contributed by atoms with E-state index < -0.39 is 0 Å². The van der Waals surface area contributed by atoms with E-state index in [-0.39, 0.29) is 0 Å². The molecule has 0 aliphatic carbocycles. The van der Waals surface area contributed by atoms with Crippen LogP contribution in [0, 0.1) is 5.92 Å². The third-order valence-electron chi connectivity index (χ3n) is 3.15. The molecular weight excluding hydrogens is 214 g/mol. The van der Waals surface area contributed by atoms with E-state index in [9.17, 15) is 0 Å². The predicted octanol–water partition coefficient (Wildman–Crippen LogP) is 1.63. The Hall–Kier alpha value is -0.870. The van der Waals surface area contributed by atoms with Crippen LogP contribution in [0.5, 0.6) is 0 Å². The molecule has 1 unspecified atom stereocenters. The molecule has 1 aromatic heterocycles. The second kappa shape index (κ2) is 6.17. The largest absolute Gasteiger partial charge is 0.379 e. The fourth-order valence-corrected chi connectivity index (χ4v) is 2.25. The molecule has 1 aliphatic rings. The zero-order chi connectivity index (χ0) is 12.1. The summed E-state index contributed by atoms with van der Waals surface area (Å²) < 4.78 is 7.86. The fourth-order valence-electron chi connectivity index (χ4n) is 2.25. The first kappa shape index (κ1) is 12.6. The molecule has 1 fully saturated rings. The summed E-state index contributed by atoms with van der Waals surface area (Å²) in [5, 5.41) is 3.40. The number of hydrogen-bond acceptors (Lipinski definition) is 3. The van der Waals surface area contributed by atoms with E-state index in [1.807, 2.05) is 12.5 Å². The number of ether oxygens (including phenoxy) is 1. The smallest absolute Gasteiger partial charge is 0.0949 e. The van der Waals surface area contributed by atoms with Gasteiger partial charge in [-0.05, 0) is 18.9 Å². The van der Waals surface area contributed by atoms with Crippen LogP contribution in [0.4, 0.5) is 0 Å². The molecule has 0 bridgehead atoms.